The first kappa shape index (κ1) is 28.3. The molecule has 0 saturated heterocycles. The van der Waals surface area contributed by atoms with Crippen LogP contribution in [0.3, 0.4) is 0 Å². The second-order valence-corrected chi connectivity index (χ2v) is 8.98. The van der Waals surface area contributed by atoms with Gasteiger partial charge in [-0.15, -0.1) is 0 Å². The van der Waals surface area contributed by atoms with Crippen LogP contribution in [0.2, 0.25) is 0 Å². The van der Waals surface area contributed by atoms with Crippen LogP contribution in [-0.4, -0.2) is 45.7 Å². The van der Waals surface area contributed by atoms with E-state index in [-0.39, 0.29) is 32.5 Å². The van der Waals surface area contributed by atoms with Gasteiger partial charge in [-0.1, -0.05) is 40.2 Å². The molecule has 0 aliphatic rings. The highest BCUT2D eigenvalue weighted by Gasteiger charge is 2.14. The number of carbonyl (C=O) groups excluding carboxylic acids is 2. The van der Waals surface area contributed by atoms with Crippen LogP contribution < -0.4 is 26.5 Å². The molecule has 0 aliphatic heterocycles. The number of aromatic hydroxyl groups is 1. The van der Waals surface area contributed by atoms with Gasteiger partial charge in [-0.2, -0.15) is 0 Å². The summed E-state index contributed by atoms with van der Waals surface area (Å²) >= 11 is 2.84. The van der Waals surface area contributed by atoms with Crippen molar-refractivity contribution in [2.75, 3.05) is 11.9 Å². The summed E-state index contributed by atoms with van der Waals surface area (Å²) in [6.45, 7) is -0.396. The lowest BCUT2D eigenvalue weighted by atomic mass is 10.3. The Kier molecular flexibility index (Phi) is 11.7. The molecule has 0 fully saturated rings. The van der Waals surface area contributed by atoms with E-state index in [0.29, 0.717) is 0 Å². The minimum absolute atomic E-state index is 0.0128. The number of ether oxygens (including phenoxy) is 1. The second kappa shape index (κ2) is 12.9. The number of sulfonamides is 2. The molecule has 172 valence electrons. The van der Waals surface area contributed by atoms with Gasteiger partial charge in [0.25, 0.3) is 5.91 Å². The molecule has 0 spiro atoms. The number of para-hydroxylation sites is 2. The van der Waals surface area contributed by atoms with E-state index < -0.39 is 32.6 Å². The molecular weight excluding hydrogens is 520 g/mol. The molecule has 2 aromatic carbocycles. The predicted octanol–water partition coefficient (Wildman–Crippen LogP) is -0.896. The summed E-state index contributed by atoms with van der Waals surface area (Å²) < 4.78 is 48.4. The normalized spacial score (nSPS) is 10.5. The Labute approximate surface area is 187 Å². The number of amides is 2. The number of benzene rings is 2. The van der Waals surface area contributed by atoms with Crippen molar-refractivity contribution < 1.29 is 36.3 Å². The maximum absolute atomic E-state index is 11.1. The lowest BCUT2D eigenvalue weighted by molar-refractivity contribution is -0.120. The van der Waals surface area contributed by atoms with E-state index in [1.54, 1.807) is 6.07 Å². The van der Waals surface area contributed by atoms with Crippen molar-refractivity contribution >= 4 is 47.8 Å². The number of alkyl halides is 1. The summed E-state index contributed by atoms with van der Waals surface area (Å²) in [5.74, 6) is -1.34. The number of hydrogen-bond donors (Lipinski definition) is 5. The van der Waals surface area contributed by atoms with Crippen LogP contribution in [-0.2, 0) is 29.6 Å². The minimum Gasteiger partial charge on any atom is -0.507 e. The van der Waals surface area contributed by atoms with Crippen LogP contribution >= 0.6 is 15.9 Å². The number of phenolic OH excluding ortho intramolecular Hbond substituents is 1. The van der Waals surface area contributed by atoms with E-state index in [0.717, 1.165) is 0 Å². The molecule has 0 unspecified atom stereocenters. The SMILES string of the molecule is NC(=O)CBr.NC(=O)COc1ccccc1S(N)(=O)=O.NS(=O)(=O)c1ccccc1O. The Morgan fingerprint density at radius 3 is 1.61 bits per heavy atom. The van der Waals surface area contributed by atoms with Gasteiger partial charge < -0.3 is 21.3 Å². The van der Waals surface area contributed by atoms with E-state index in [1.165, 1.54) is 42.5 Å². The molecule has 0 heterocycles. The standard InChI is InChI=1S/C8H10N2O4S.C6H7NO3S.C2H4BrNO/c9-8(11)5-14-6-3-1-2-4-7(6)15(10,12)13;7-11(9,10)6-4-2-1-3-5(6)8;3-1-2(4)5/h1-4H,5H2,(H2,9,11)(H2,10,12,13);1-4,8H,(H2,7,9,10);1H2,(H2,4,5). The smallest absolute Gasteiger partial charge is 0.255 e. The Hall–Kier alpha value is -2.72. The molecule has 2 amide bonds. The van der Waals surface area contributed by atoms with E-state index in [4.69, 9.17) is 25.9 Å². The van der Waals surface area contributed by atoms with Crippen LogP contribution in [0.4, 0.5) is 0 Å². The molecule has 0 saturated carbocycles. The zero-order valence-electron chi connectivity index (χ0n) is 15.8. The Morgan fingerprint density at radius 2 is 1.26 bits per heavy atom. The van der Waals surface area contributed by atoms with E-state index in [2.05, 4.69) is 21.7 Å². The zero-order valence-corrected chi connectivity index (χ0v) is 19.1. The van der Waals surface area contributed by atoms with Gasteiger partial charge in [-0.05, 0) is 24.3 Å². The van der Waals surface area contributed by atoms with Crippen LogP contribution in [0.1, 0.15) is 0 Å². The number of halogens is 1. The second-order valence-electron chi connectivity index (χ2n) is 5.36. The number of primary amides is 2. The van der Waals surface area contributed by atoms with Crippen molar-refractivity contribution in [3.63, 3.8) is 0 Å². The summed E-state index contributed by atoms with van der Waals surface area (Å²) in [6, 6.07) is 11.2. The molecule has 0 aliphatic carbocycles. The summed E-state index contributed by atoms with van der Waals surface area (Å²) in [5.41, 5.74) is 9.46. The highest BCUT2D eigenvalue weighted by Crippen LogP contribution is 2.21. The molecule has 0 atom stereocenters. The minimum atomic E-state index is -3.86. The molecule has 2 rings (SSSR count). The third-order valence-corrected chi connectivity index (χ3v) is 5.29. The number of nitrogens with two attached hydrogens (primary N) is 4. The number of phenols is 1. The molecule has 15 heteroatoms. The number of carbonyl (C=O) groups is 2. The van der Waals surface area contributed by atoms with Crippen LogP contribution in [0.15, 0.2) is 58.3 Å². The monoisotopic (exact) mass is 540 g/mol. The van der Waals surface area contributed by atoms with Crippen LogP contribution in [0, 0.1) is 0 Å². The summed E-state index contributed by atoms with van der Waals surface area (Å²) in [6.07, 6.45) is 0. The van der Waals surface area contributed by atoms with Gasteiger partial charge in [0.15, 0.2) is 6.61 Å². The van der Waals surface area contributed by atoms with Crippen molar-refractivity contribution in [1.82, 2.24) is 0 Å². The summed E-state index contributed by atoms with van der Waals surface area (Å²) in [5, 5.41) is 19.0. The van der Waals surface area contributed by atoms with Crippen LogP contribution in [0.5, 0.6) is 11.5 Å². The predicted molar refractivity (Wildman–Crippen MR) is 115 cm³/mol. The van der Waals surface area contributed by atoms with Crippen molar-refractivity contribution in [1.29, 1.82) is 0 Å². The van der Waals surface area contributed by atoms with E-state index in [1.807, 2.05) is 0 Å². The third kappa shape index (κ3) is 11.9. The highest BCUT2D eigenvalue weighted by molar-refractivity contribution is 9.09. The average Bonchev–Trinajstić information content (AvgIpc) is 2.66. The Morgan fingerprint density at radius 1 is 0.839 bits per heavy atom. The van der Waals surface area contributed by atoms with E-state index in [9.17, 15) is 26.4 Å². The molecule has 2 aromatic rings. The fourth-order valence-corrected chi connectivity index (χ4v) is 2.95. The summed E-state index contributed by atoms with van der Waals surface area (Å²) in [4.78, 5) is 19.6. The van der Waals surface area contributed by atoms with Crippen molar-refractivity contribution in [3.05, 3.63) is 48.5 Å². The van der Waals surface area contributed by atoms with Gasteiger partial charge >= 0.3 is 0 Å². The third-order valence-electron chi connectivity index (χ3n) is 2.83. The fraction of sp³-hybridized carbons (Fsp3) is 0.125. The number of primary sulfonamides is 2. The molecular formula is C16H21BrN4O8S2. The molecule has 0 bridgehead atoms. The van der Waals surface area contributed by atoms with Crippen molar-refractivity contribution in [3.8, 4) is 11.5 Å². The maximum Gasteiger partial charge on any atom is 0.255 e. The van der Waals surface area contributed by atoms with Crippen LogP contribution in [0.25, 0.3) is 0 Å². The average molecular weight is 541 g/mol. The first-order valence-electron chi connectivity index (χ1n) is 7.88. The molecule has 12 nitrogen and oxygen atoms in total. The largest absolute Gasteiger partial charge is 0.507 e. The Balaban J connectivity index is 0.000000492. The topological polar surface area (TPSA) is 236 Å². The van der Waals surface area contributed by atoms with Gasteiger partial charge in [-0.25, -0.2) is 27.1 Å². The molecule has 0 aromatic heterocycles. The van der Waals surface area contributed by atoms with Crippen molar-refractivity contribution in [2.24, 2.45) is 21.7 Å². The van der Waals surface area contributed by atoms with Gasteiger partial charge in [0.1, 0.15) is 21.3 Å². The summed E-state index contributed by atoms with van der Waals surface area (Å²) in [7, 11) is -7.64. The first-order valence-corrected chi connectivity index (χ1v) is 12.1. The molecule has 9 N–H and O–H groups in total. The molecule has 0 radical (unpaired) electrons. The highest BCUT2D eigenvalue weighted by atomic mass is 79.9. The zero-order chi connectivity index (χ0) is 24.2. The first-order chi connectivity index (χ1) is 14.2. The van der Waals surface area contributed by atoms with Gasteiger partial charge in [-0.3, -0.25) is 9.59 Å². The lowest BCUT2D eigenvalue weighted by Gasteiger charge is -2.07. The Bertz CT molecular complexity index is 1110. The van der Waals surface area contributed by atoms with Gasteiger partial charge in [0, 0.05) is 0 Å². The lowest BCUT2D eigenvalue weighted by Crippen LogP contribution is -2.21. The molecule has 31 heavy (non-hydrogen) atoms. The fourth-order valence-electron chi connectivity index (χ4n) is 1.65. The van der Waals surface area contributed by atoms with Gasteiger partial charge in [0.05, 0.1) is 5.33 Å². The number of hydrogen-bond acceptors (Lipinski definition) is 8. The quantitative estimate of drug-likeness (QED) is 0.287. The van der Waals surface area contributed by atoms with E-state index >= 15 is 0 Å². The van der Waals surface area contributed by atoms with Gasteiger partial charge in [0.2, 0.25) is 26.0 Å². The van der Waals surface area contributed by atoms with Crippen molar-refractivity contribution in [2.45, 2.75) is 9.79 Å². The number of rotatable bonds is 6. The maximum atomic E-state index is 11.1.